The highest BCUT2D eigenvalue weighted by atomic mass is 79.9. The van der Waals surface area contributed by atoms with E-state index in [1.807, 2.05) is 0 Å². The van der Waals surface area contributed by atoms with Crippen LogP contribution in [0, 0.1) is 0 Å². The second kappa shape index (κ2) is 5.57. The van der Waals surface area contributed by atoms with Gasteiger partial charge in [-0.3, -0.25) is 0 Å². The molecule has 0 aliphatic rings. The molecule has 0 atom stereocenters. The molecule has 0 aromatic carbocycles. The van der Waals surface area contributed by atoms with Gasteiger partial charge < -0.3 is 5.11 Å². The van der Waals surface area contributed by atoms with Crippen molar-refractivity contribution in [2.75, 3.05) is 13.2 Å². The smallest absolute Gasteiger partial charge is 0.283 e. The van der Waals surface area contributed by atoms with E-state index < -0.39 is 29.1 Å². The van der Waals surface area contributed by atoms with E-state index in [4.69, 9.17) is 5.11 Å². The molecular formula is C7H7Br2F2NO3S2. The van der Waals surface area contributed by atoms with Crippen molar-refractivity contribution in [2.45, 2.75) is 10.8 Å². The SMILES string of the molecule is O=S(=O)(NCC(F)(F)CO)c1cc(Br)sc1Br. The van der Waals surface area contributed by atoms with Gasteiger partial charge >= 0.3 is 0 Å². The van der Waals surface area contributed by atoms with E-state index >= 15 is 0 Å². The molecule has 1 heterocycles. The molecule has 2 N–H and O–H groups in total. The van der Waals surface area contributed by atoms with E-state index in [2.05, 4.69) is 31.9 Å². The molecule has 98 valence electrons. The zero-order chi connectivity index (χ0) is 13.3. The number of hydrogen-bond donors (Lipinski definition) is 2. The van der Waals surface area contributed by atoms with Gasteiger partial charge in [-0.15, -0.1) is 11.3 Å². The fourth-order valence-electron chi connectivity index (χ4n) is 0.843. The summed E-state index contributed by atoms with van der Waals surface area (Å²) in [7, 11) is -4.02. The Bertz CT molecular complexity index is 503. The van der Waals surface area contributed by atoms with Crippen LogP contribution in [0.15, 0.2) is 18.5 Å². The van der Waals surface area contributed by atoms with Crippen LogP contribution < -0.4 is 4.72 Å². The standard InChI is InChI=1S/C7H7Br2F2NO3S2/c8-5-1-4(6(9)16-5)17(14,15)12-2-7(10,11)3-13/h1,12-13H,2-3H2. The minimum atomic E-state index is -4.02. The second-order valence-corrected chi connectivity index (χ2v) is 8.51. The maximum atomic E-state index is 12.7. The van der Waals surface area contributed by atoms with Crippen LogP contribution in [0.4, 0.5) is 8.78 Å². The molecule has 1 aromatic heterocycles. The number of sulfonamides is 1. The minimum Gasteiger partial charge on any atom is -0.390 e. The molecule has 0 amide bonds. The fourth-order valence-corrected chi connectivity index (χ4v) is 5.71. The lowest BCUT2D eigenvalue weighted by Crippen LogP contribution is -2.38. The average molecular weight is 415 g/mol. The van der Waals surface area contributed by atoms with Gasteiger partial charge in [0.2, 0.25) is 10.0 Å². The molecule has 4 nitrogen and oxygen atoms in total. The quantitative estimate of drug-likeness (QED) is 0.775. The highest BCUT2D eigenvalue weighted by Gasteiger charge is 2.31. The van der Waals surface area contributed by atoms with Crippen molar-refractivity contribution in [2.24, 2.45) is 0 Å². The van der Waals surface area contributed by atoms with E-state index in [9.17, 15) is 17.2 Å². The first kappa shape index (κ1) is 15.4. The lowest BCUT2D eigenvalue weighted by atomic mass is 10.4. The zero-order valence-electron chi connectivity index (χ0n) is 8.08. The summed E-state index contributed by atoms with van der Waals surface area (Å²) >= 11 is 7.22. The third-order valence-electron chi connectivity index (χ3n) is 1.67. The number of aliphatic hydroxyl groups is 1. The molecule has 0 bridgehead atoms. The molecule has 1 rings (SSSR count). The van der Waals surface area contributed by atoms with E-state index in [1.54, 1.807) is 4.72 Å². The van der Waals surface area contributed by atoms with E-state index in [-0.39, 0.29) is 4.90 Å². The molecule has 17 heavy (non-hydrogen) atoms. The van der Waals surface area contributed by atoms with Gasteiger partial charge in [0.05, 0.1) is 14.1 Å². The van der Waals surface area contributed by atoms with Crippen LogP contribution in [0.3, 0.4) is 0 Å². The molecule has 0 fully saturated rings. The molecule has 0 aliphatic carbocycles. The maximum absolute atomic E-state index is 12.7. The summed E-state index contributed by atoms with van der Waals surface area (Å²) in [6.45, 7) is -2.56. The van der Waals surface area contributed by atoms with Gasteiger partial charge in [-0.05, 0) is 37.9 Å². The summed E-state index contributed by atoms with van der Waals surface area (Å²) < 4.78 is 51.3. The normalized spacial score (nSPS) is 13.0. The van der Waals surface area contributed by atoms with Crippen molar-refractivity contribution in [3.63, 3.8) is 0 Å². The molecule has 10 heteroatoms. The number of alkyl halides is 2. The van der Waals surface area contributed by atoms with Crippen LogP contribution in [-0.4, -0.2) is 32.6 Å². The highest BCUT2D eigenvalue weighted by Crippen LogP contribution is 2.34. The highest BCUT2D eigenvalue weighted by molar-refractivity contribution is 9.12. The van der Waals surface area contributed by atoms with Gasteiger partial charge in [-0.2, -0.15) is 0 Å². The van der Waals surface area contributed by atoms with Crippen molar-refractivity contribution < 1.29 is 22.3 Å². The molecule has 0 spiro atoms. The summed E-state index contributed by atoms with van der Waals surface area (Å²) in [4.78, 5) is -0.122. The lowest BCUT2D eigenvalue weighted by molar-refractivity contribution is -0.0437. The van der Waals surface area contributed by atoms with Crippen LogP contribution in [-0.2, 0) is 10.0 Å². The zero-order valence-corrected chi connectivity index (χ0v) is 12.9. The summed E-state index contributed by atoms with van der Waals surface area (Å²) in [5.74, 6) is -3.48. The Morgan fingerprint density at radius 1 is 1.47 bits per heavy atom. The number of aliphatic hydroxyl groups excluding tert-OH is 1. The maximum Gasteiger partial charge on any atom is 0.283 e. The number of hydrogen-bond acceptors (Lipinski definition) is 4. The minimum absolute atomic E-state index is 0.122. The van der Waals surface area contributed by atoms with Crippen molar-refractivity contribution in [3.05, 3.63) is 13.6 Å². The predicted octanol–water partition coefficient (Wildman–Crippen LogP) is 2.18. The first-order chi connectivity index (χ1) is 7.68. The lowest BCUT2D eigenvalue weighted by Gasteiger charge is -2.13. The molecular weight excluding hydrogens is 408 g/mol. The first-order valence-corrected chi connectivity index (χ1v) is 8.00. The van der Waals surface area contributed by atoms with Crippen LogP contribution >= 0.6 is 43.2 Å². The number of rotatable bonds is 5. The first-order valence-electron chi connectivity index (χ1n) is 4.11. The van der Waals surface area contributed by atoms with E-state index in [1.165, 1.54) is 6.07 Å². The molecule has 0 radical (unpaired) electrons. The second-order valence-electron chi connectivity index (χ2n) is 3.03. The average Bonchev–Trinajstić information content (AvgIpc) is 2.56. The van der Waals surface area contributed by atoms with Gasteiger partial charge in [-0.25, -0.2) is 21.9 Å². The van der Waals surface area contributed by atoms with Crippen LogP contribution in [0.25, 0.3) is 0 Å². The van der Waals surface area contributed by atoms with Crippen LogP contribution in [0.5, 0.6) is 0 Å². The Hall–Kier alpha value is 0.390. The number of nitrogens with one attached hydrogen (secondary N) is 1. The van der Waals surface area contributed by atoms with Crippen molar-refractivity contribution in [1.82, 2.24) is 4.72 Å². The Balaban J connectivity index is 2.87. The Kier molecular flexibility index (Phi) is 5.07. The molecule has 1 aromatic rings. The van der Waals surface area contributed by atoms with Gasteiger partial charge in [0, 0.05) is 0 Å². The van der Waals surface area contributed by atoms with Crippen LogP contribution in [0.2, 0.25) is 0 Å². The third kappa shape index (κ3) is 4.21. The van der Waals surface area contributed by atoms with Gasteiger partial charge in [0.15, 0.2) is 0 Å². The number of halogens is 4. The van der Waals surface area contributed by atoms with Gasteiger partial charge in [-0.1, -0.05) is 0 Å². The monoisotopic (exact) mass is 413 g/mol. The van der Waals surface area contributed by atoms with Gasteiger partial charge in [0.1, 0.15) is 11.5 Å². The summed E-state index contributed by atoms with van der Waals surface area (Å²) in [5, 5.41) is 8.32. The van der Waals surface area contributed by atoms with Crippen LogP contribution in [0.1, 0.15) is 0 Å². The Morgan fingerprint density at radius 3 is 2.47 bits per heavy atom. The molecule has 0 unspecified atom stereocenters. The summed E-state index contributed by atoms with van der Waals surface area (Å²) in [6.07, 6.45) is 0. The van der Waals surface area contributed by atoms with E-state index in [0.29, 0.717) is 7.57 Å². The molecule has 0 saturated carbocycles. The predicted molar refractivity (Wildman–Crippen MR) is 66.9 cm³/mol. The Morgan fingerprint density at radius 2 is 2.06 bits per heavy atom. The van der Waals surface area contributed by atoms with Crippen molar-refractivity contribution in [1.29, 1.82) is 0 Å². The fraction of sp³-hybridized carbons (Fsp3) is 0.429. The topological polar surface area (TPSA) is 66.4 Å². The third-order valence-corrected chi connectivity index (χ3v) is 5.82. The summed E-state index contributed by atoms with van der Waals surface area (Å²) in [6, 6.07) is 1.30. The van der Waals surface area contributed by atoms with Crippen molar-refractivity contribution in [3.8, 4) is 0 Å². The van der Waals surface area contributed by atoms with Crippen molar-refractivity contribution >= 4 is 53.2 Å². The number of thiophene rings is 1. The molecule has 0 aliphatic heterocycles. The van der Waals surface area contributed by atoms with E-state index in [0.717, 1.165) is 11.3 Å². The van der Waals surface area contributed by atoms with Gasteiger partial charge in [0.25, 0.3) is 5.92 Å². The summed E-state index contributed by atoms with van der Waals surface area (Å²) in [5.41, 5.74) is 0. The Labute approximate surface area is 117 Å². The largest absolute Gasteiger partial charge is 0.390 e. The molecule has 0 saturated heterocycles.